The van der Waals surface area contributed by atoms with Crippen LogP contribution < -0.4 is 0 Å². The zero-order valence-corrected chi connectivity index (χ0v) is 11.5. The number of ether oxygens (including phenoxy) is 1. The molecule has 1 aliphatic heterocycles. The monoisotopic (exact) mass is 291 g/mol. The highest BCUT2D eigenvalue weighted by Gasteiger charge is 2.32. The molecule has 0 bridgehead atoms. The van der Waals surface area contributed by atoms with Crippen LogP contribution in [0, 0.1) is 11.3 Å². The van der Waals surface area contributed by atoms with Crippen molar-refractivity contribution in [1.29, 1.82) is 0 Å². The van der Waals surface area contributed by atoms with Crippen LogP contribution in [-0.2, 0) is 14.3 Å². The van der Waals surface area contributed by atoms with Crippen molar-refractivity contribution < 1.29 is 14.3 Å². The van der Waals surface area contributed by atoms with E-state index in [4.69, 9.17) is 4.74 Å². The zero-order valence-electron chi connectivity index (χ0n) is 9.96. The highest BCUT2D eigenvalue weighted by atomic mass is 79.9. The molecule has 0 aromatic rings. The molecule has 0 aromatic carbocycles. The highest BCUT2D eigenvalue weighted by molar-refractivity contribution is 9.09. The number of halogens is 1. The second-order valence-corrected chi connectivity index (χ2v) is 5.76. The number of carbonyl (C=O) groups is 2. The fourth-order valence-electron chi connectivity index (χ4n) is 1.50. The van der Waals surface area contributed by atoms with E-state index in [1.54, 1.807) is 0 Å². The number of rotatable bonds is 3. The molecule has 0 aromatic heterocycles. The van der Waals surface area contributed by atoms with Gasteiger partial charge in [0.25, 0.3) is 11.8 Å². The van der Waals surface area contributed by atoms with E-state index in [1.165, 1.54) is 4.90 Å². The Balaban J connectivity index is 2.70. The van der Waals surface area contributed by atoms with Crippen LogP contribution in [-0.4, -0.2) is 41.8 Å². The maximum Gasteiger partial charge on any atom is 0.255 e. The van der Waals surface area contributed by atoms with Gasteiger partial charge in [0.05, 0.1) is 0 Å². The summed E-state index contributed by atoms with van der Waals surface area (Å²) in [6.45, 7) is 6.82. The Bertz CT molecular complexity index is 269. The predicted molar refractivity (Wildman–Crippen MR) is 64.3 cm³/mol. The van der Waals surface area contributed by atoms with Crippen molar-refractivity contribution in [3.63, 3.8) is 0 Å². The third kappa shape index (κ3) is 3.28. The Labute approximate surface area is 104 Å². The maximum absolute atomic E-state index is 11.5. The molecular weight excluding hydrogens is 274 g/mol. The number of hydrogen-bond acceptors (Lipinski definition) is 3. The Morgan fingerprint density at radius 1 is 1.31 bits per heavy atom. The van der Waals surface area contributed by atoms with Gasteiger partial charge in [0.15, 0.2) is 0 Å². The molecule has 5 heteroatoms. The molecule has 0 aliphatic carbocycles. The summed E-state index contributed by atoms with van der Waals surface area (Å²) < 4.78 is 4.87. The molecule has 1 atom stereocenters. The zero-order chi connectivity index (χ0) is 12.3. The van der Waals surface area contributed by atoms with Gasteiger partial charge >= 0.3 is 0 Å². The average molecular weight is 292 g/mol. The van der Waals surface area contributed by atoms with Crippen molar-refractivity contribution >= 4 is 27.7 Å². The van der Waals surface area contributed by atoms with Crippen LogP contribution in [0.4, 0.5) is 0 Å². The van der Waals surface area contributed by atoms with Gasteiger partial charge in [-0.3, -0.25) is 14.5 Å². The molecule has 0 N–H and O–H groups in total. The van der Waals surface area contributed by atoms with Gasteiger partial charge in [-0.15, -0.1) is 0 Å². The molecular formula is C11H18BrNO3. The Morgan fingerprint density at radius 3 is 2.19 bits per heavy atom. The normalized spacial score (nSPS) is 20.1. The van der Waals surface area contributed by atoms with Gasteiger partial charge in [-0.2, -0.15) is 0 Å². The van der Waals surface area contributed by atoms with Crippen molar-refractivity contribution in [3.05, 3.63) is 0 Å². The van der Waals surface area contributed by atoms with Gasteiger partial charge in [-0.05, 0) is 11.3 Å². The maximum atomic E-state index is 11.5. The summed E-state index contributed by atoms with van der Waals surface area (Å²) in [4.78, 5) is 24.4. The Hall–Kier alpha value is -0.420. The molecule has 92 valence electrons. The summed E-state index contributed by atoms with van der Waals surface area (Å²) in [5.74, 6) is -0.212. The van der Waals surface area contributed by atoms with Crippen LogP contribution in [0.5, 0.6) is 0 Å². The Morgan fingerprint density at radius 2 is 1.81 bits per heavy atom. The van der Waals surface area contributed by atoms with Crippen LogP contribution in [0.15, 0.2) is 0 Å². The summed E-state index contributed by atoms with van der Waals surface area (Å²) in [5, 5.41) is 0.772. The molecule has 0 spiro atoms. The lowest BCUT2D eigenvalue weighted by Gasteiger charge is -2.34. The van der Waals surface area contributed by atoms with E-state index < -0.39 is 0 Å². The third-order valence-corrected chi connectivity index (χ3v) is 3.65. The van der Waals surface area contributed by atoms with E-state index >= 15 is 0 Å². The van der Waals surface area contributed by atoms with Crippen LogP contribution in [0.3, 0.4) is 0 Å². The molecule has 1 unspecified atom stereocenters. The molecule has 1 heterocycles. The van der Waals surface area contributed by atoms with E-state index in [0.29, 0.717) is 6.54 Å². The van der Waals surface area contributed by atoms with E-state index in [0.717, 1.165) is 5.33 Å². The minimum atomic E-state index is -0.230. The topological polar surface area (TPSA) is 46.6 Å². The van der Waals surface area contributed by atoms with Crippen LogP contribution >= 0.6 is 15.9 Å². The summed E-state index contributed by atoms with van der Waals surface area (Å²) in [7, 11) is 0. The summed E-state index contributed by atoms with van der Waals surface area (Å²) in [5.41, 5.74) is 0.0579. The predicted octanol–water partition coefficient (Wildman–Crippen LogP) is 1.43. The van der Waals surface area contributed by atoms with Gasteiger partial charge in [-0.25, -0.2) is 0 Å². The van der Waals surface area contributed by atoms with Gasteiger partial charge in [0.1, 0.15) is 13.2 Å². The summed E-state index contributed by atoms with van der Waals surface area (Å²) >= 11 is 3.44. The number of hydrogen-bond donors (Lipinski definition) is 0. The van der Waals surface area contributed by atoms with Crippen LogP contribution in [0.1, 0.15) is 20.8 Å². The minimum Gasteiger partial charge on any atom is -0.362 e. The van der Waals surface area contributed by atoms with Gasteiger partial charge < -0.3 is 4.74 Å². The molecule has 1 saturated heterocycles. The SMILES string of the molecule is CC(C)(C)C(CBr)CN1C(=O)COCC1=O. The largest absolute Gasteiger partial charge is 0.362 e. The quantitative estimate of drug-likeness (QED) is 0.584. The number of imide groups is 1. The fourth-order valence-corrected chi connectivity index (χ4v) is 2.67. The first kappa shape index (κ1) is 13.6. The third-order valence-electron chi connectivity index (χ3n) is 2.87. The highest BCUT2D eigenvalue weighted by Crippen LogP contribution is 2.28. The minimum absolute atomic E-state index is 0.0187. The van der Waals surface area contributed by atoms with Gasteiger partial charge in [0, 0.05) is 11.9 Å². The van der Waals surface area contributed by atoms with Gasteiger partial charge in [-0.1, -0.05) is 36.7 Å². The molecule has 2 amide bonds. The smallest absolute Gasteiger partial charge is 0.255 e. The van der Waals surface area contributed by atoms with Crippen molar-refractivity contribution in [2.24, 2.45) is 11.3 Å². The molecule has 1 aliphatic rings. The Kier molecular flexibility index (Phi) is 4.50. The second kappa shape index (κ2) is 5.27. The standard InChI is InChI=1S/C11H18BrNO3/c1-11(2,3)8(4-12)5-13-9(14)6-16-7-10(13)15/h8H,4-7H2,1-3H3. The average Bonchev–Trinajstić information content (AvgIpc) is 2.15. The number of nitrogens with zero attached hydrogens (tertiary/aromatic N) is 1. The summed E-state index contributed by atoms with van der Waals surface area (Å²) in [6, 6.07) is 0. The van der Waals surface area contributed by atoms with Crippen molar-refractivity contribution in [3.8, 4) is 0 Å². The number of alkyl halides is 1. The first-order valence-electron chi connectivity index (χ1n) is 5.33. The van der Waals surface area contributed by atoms with Crippen LogP contribution in [0.25, 0.3) is 0 Å². The van der Waals surface area contributed by atoms with E-state index in [-0.39, 0.29) is 36.4 Å². The van der Waals surface area contributed by atoms with Crippen molar-refractivity contribution in [2.75, 3.05) is 25.1 Å². The first-order valence-corrected chi connectivity index (χ1v) is 6.45. The lowest BCUT2D eigenvalue weighted by molar-refractivity contribution is -0.159. The van der Waals surface area contributed by atoms with Crippen molar-refractivity contribution in [1.82, 2.24) is 4.90 Å². The number of amides is 2. The van der Waals surface area contributed by atoms with E-state index in [1.807, 2.05) is 0 Å². The lowest BCUT2D eigenvalue weighted by Crippen LogP contribution is -2.50. The fraction of sp³-hybridized carbons (Fsp3) is 0.818. The molecule has 1 rings (SSSR count). The summed E-state index contributed by atoms with van der Waals surface area (Å²) in [6.07, 6.45) is 0. The number of morpholine rings is 1. The second-order valence-electron chi connectivity index (χ2n) is 5.11. The molecule has 4 nitrogen and oxygen atoms in total. The van der Waals surface area contributed by atoms with E-state index in [2.05, 4.69) is 36.7 Å². The first-order chi connectivity index (χ1) is 7.36. The van der Waals surface area contributed by atoms with E-state index in [9.17, 15) is 9.59 Å². The van der Waals surface area contributed by atoms with Gasteiger partial charge in [0.2, 0.25) is 0 Å². The molecule has 0 saturated carbocycles. The molecule has 1 fully saturated rings. The number of carbonyl (C=O) groups excluding carboxylic acids is 2. The lowest BCUT2D eigenvalue weighted by atomic mass is 9.81. The van der Waals surface area contributed by atoms with Crippen LogP contribution in [0.2, 0.25) is 0 Å². The molecule has 16 heavy (non-hydrogen) atoms. The van der Waals surface area contributed by atoms with Crippen molar-refractivity contribution in [2.45, 2.75) is 20.8 Å². The molecule has 0 radical (unpaired) electrons.